The maximum atomic E-state index is 12.5. The molecule has 1 heterocycles. The maximum absolute atomic E-state index is 12.5. The highest BCUT2D eigenvalue weighted by Gasteiger charge is 2.52. The van der Waals surface area contributed by atoms with Crippen LogP contribution in [0.3, 0.4) is 0 Å². The van der Waals surface area contributed by atoms with E-state index < -0.39 is 23.8 Å². The Bertz CT molecular complexity index is 1210. The number of imide groups is 1. The fourth-order valence-electron chi connectivity index (χ4n) is 6.78. The molecule has 7 nitrogen and oxygen atoms in total. The van der Waals surface area contributed by atoms with Gasteiger partial charge in [0, 0.05) is 23.7 Å². The van der Waals surface area contributed by atoms with Gasteiger partial charge in [-0.2, -0.15) is 0 Å². The van der Waals surface area contributed by atoms with E-state index in [0.717, 1.165) is 6.42 Å². The zero-order valence-electron chi connectivity index (χ0n) is 23.4. The van der Waals surface area contributed by atoms with Crippen molar-refractivity contribution >= 4 is 23.8 Å². The minimum Gasteiger partial charge on any atom is -0.464 e. The number of fused-ring (bicyclic) bond motifs is 1. The third kappa shape index (κ3) is 4.30. The Morgan fingerprint density at radius 3 is 2.03 bits per heavy atom. The second-order valence-corrected chi connectivity index (χ2v) is 11.6. The lowest BCUT2D eigenvalue weighted by atomic mass is 9.56. The van der Waals surface area contributed by atoms with Crippen molar-refractivity contribution in [3.05, 3.63) is 44.6 Å². The molecule has 0 bridgehead atoms. The van der Waals surface area contributed by atoms with Gasteiger partial charge in [-0.25, -0.2) is 4.79 Å². The van der Waals surface area contributed by atoms with Gasteiger partial charge in [0.15, 0.2) is 0 Å². The normalized spacial score (nSPS) is 29.5. The first-order valence-corrected chi connectivity index (χ1v) is 13.2. The number of nitrogens with zero attached hydrogens (tertiary/aromatic N) is 1. The van der Waals surface area contributed by atoms with Gasteiger partial charge in [-0.1, -0.05) is 29.2 Å². The minimum absolute atomic E-state index is 0.0291. The third-order valence-corrected chi connectivity index (χ3v) is 9.84. The lowest BCUT2D eigenvalue weighted by molar-refractivity contribution is -0.197. The van der Waals surface area contributed by atoms with E-state index in [-0.39, 0.29) is 43.1 Å². The fraction of sp³-hybridized carbons (Fsp3) is 0.600. The lowest BCUT2D eigenvalue weighted by Gasteiger charge is -2.48. The number of carbonyl (C=O) groups excluding carboxylic acids is 4. The predicted octanol–water partition coefficient (Wildman–Crippen LogP) is 5.67. The molecule has 1 aliphatic heterocycles. The molecule has 4 aliphatic rings. The molecule has 200 valence electrons. The largest absolute Gasteiger partial charge is 0.464 e. The molecule has 3 atom stereocenters. The summed E-state index contributed by atoms with van der Waals surface area (Å²) in [5.41, 5.74) is 10.9. The molecule has 0 radical (unpaired) electrons. The average Bonchev–Trinajstić information content (AvgIpc) is 3.28. The van der Waals surface area contributed by atoms with Crippen LogP contribution in [0.1, 0.15) is 93.9 Å². The minimum atomic E-state index is -0.804. The number of esters is 1. The first-order chi connectivity index (χ1) is 17.2. The Hall–Kier alpha value is -2.96. The van der Waals surface area contributed by atoms with Crippen LogP contribution in [0.25, 0.3) is 0 Å². The summed E-state index contributed by atoms with van der Waals surface area (Å²) in [6, 6.07) is 0. The van der Waals surface area contributed by atoms with E-state index in [1.807, 2.05) is 0 Å². The van der Waals surface area contributed by atoms with Crippen molar-refractivity contribution in [2.24, 2.45) is 16.7 Å². The SMILES string of the molecule is CC1=C(C)C(C)(COC(=O)CCC(=O)ON2C(=O)CCC2=O)C(C)=C1CC1CC2(C)C(C)=C(C)C(C)=C12. The van der Waals surface area contributed by atoms with Gasteiger partial charge in [0.1, 0.15) is 6.61 Å². The molecule has 0 aromatic rings. The van der Waals surface area contributed by atoms with E-state index in [4.69, 9.17) is 9.57 Å². The topological polar surface area (TPSA) is 90.0 Å². The van der Waals surface area contributed by atoms with Crippen molar-refractivity contribution in [1.29, 1.82) is 0 Å². The predicted molar refractivity (Wildman–Crippen MR) is 138 cm³/mol. The number of hydrogen-bond acceptors (Lipinski definition) is 6. The molecule has 1 saturated heterocycles. The maximum Gasteiger partial charge on any atom is 0.333 e. The van der Waals surface area contributed by atoms with Crippen LogP contribution < -0.4 is 0 Å². The van der Waals surface area contributed by atoms with Crippen LogP contribution in [0.5, 0.6) is 0 Å². The molecule has 1 saturated carbocycles. The molecular weight excluding hydrogens is 470 g/mol. The molecule has 7 heteroatoms. The number of ether oxygens (including phenoxy) is 1. The molecule has 0 spiro atoms. The van der Waals surface area contributed by atoms with Crippen LogP contribution >= 0.6 is 0 Å². The Morgan fingerprint density at radius 1 is 0.838 bits per heavy atom. The zero-order chi connectivity index (χ0) is 27.4. The highest BCUT2D eigenvalue weighted by atomic mass is 16.7. The van der Waals surface area contributed by atoms with Gasteiger partial charge in [0.2, 0.25) is 0 Å². The van der Waals surface area contributed by atoms with Crippen LogP contribution in [-0.2, 0) is 28.8 Å². The molecule has 0 aromatic carbocycles. The fourth-order valence-corrected chi connectivity index (χ4v) is 6.78. The molecule has 0 N–H and O–H groups in total. The van der Waals surface area contributed by atoms with E-state index >= 15 is 0 Å². The molecule has 37 heavy (non-hydrogen) atoms. The number of allylic oxidation sites excluding steroid dienone is 6. The van der Waals surface area contributed by atoms with Gasteiger partial charge in [0.05, 0.1) is 12.8 Å². The molecule has 4 rings (SSSR count). The Morgan fingerprint density at radius 2 is 1.43 bits per heavy atom. The van der Waals surface area contributed by atoms with Crippen molar-refractivity contribution in [3.8, 4) is 0 Å². The first-order valence-electron chi connectivity index (χ1n) is 13.2. The summed E-state index contributed by atoms with van der Waals surface area (Å²) in [5.74, 6) is -1.86. The summed E-state index contributed by atoms with van der Waals surface area (Å²) >= 11 is 0. The molecular formula is C30H39NO6. The van der Waals surface area contributed by atoms with Crippen LogP contribution in [0, 0.1) is 16.7 Å². The average molecular weight is 510 g/mol. The highest BCUT2D eigenvalue weighted by Crippen LogP contribution is 2.64. The zero-order valence-corrected chi connectivity index (χ0v) is 23.4. The van der Waals surface area contributed by atoms with Gasteiger partial charge in [0.25, 0.3) is 11.8 Å². The smallest absolute Gasteiger partial charge is 0.333 e. The van der Waals surface area contributed by atoms with Crippen molar-refractivity contribution in [3.63, 3.8) is 0 Å². The molecule has 2 fully saturated rings. The van der Waals surface area contributed by atoms with E-state index in [1.54, 1.807) is 5.57 Å². The van der Waals surface area contributed by atoms with E-state index in [0.29, 0.717) is 11.0 Å². The van der Waals surface area contributed by atoms with Gasteiger partial charge < -0.3 is 9.57 Å². The summed E-state index contributed by atoms with van der Waals surface area (Å²) in [4.78, 5) is 52.5. The second kappa shape index (κ2) is 9.41. The number of carbonyl (C=O) groups is 4. The van der Waals surface area contributed by atoms with E-state index in [1.165, 1.54) is 45.4 Å². The summed E-state index contributed by atoms with van der Waals surface area (Å²) in [6.07, 6.45) is 1.79. The molecule has 2 amide bonds. The van der Waals surface area contributed by atoms with Crippen molar-refractivity contribution in [2.45, 2.75) is 93.9 Å². The van der Waals surface area contributed by atoms with E-state index in [2.05, 4.69) is 55.4 Å². The Balaban J connectivity index is 1.35. The van der Waals surface area contributed by atoms with Gasteiger partial charge in [-0.05, 0) is 89.5 Å². The van der Waals surface area contributed by atoms with Crippen molar-refractivity contribution in [1.82, 2.24) is 5.06 Å². The third-order valence-electron chi connectivity index (χ3n) is 9.84. The number of hydroxylamine groups is 2. The number of hydrogen-bond donors (Lipinski definition) is 0. The molecule has 3 aliphatic carbocycles. The standard InChI is InChI=1S/C30H39NO6/c1-16-17(2)28-22(14-29(28,7)19(16)4)13-23-18(3)20(5)30(8,21(23)6)15-36-26(34)11-12-27(35)37-31-24(32)9-10-25(31)33/h22H,9-15H2,1-8H3. The quantitative estimate of drug-likeness (QED) is 0.309. The van der Waals surface area contributed by atoms with Gasteiger partial charge in [-0.15, -0.1) is 5.06 Å². The summed E-state index contributed by atoms with van der Waals surface area (Å²) in [6.45, 7) is 17.9. The van der Waals surface area contributed by atoms with E-state index in [9.17, 15) is 19.2 Å². The summed E-state index contributed by atoms with van der Waals surface area (Å²) in [5, 5.41) is 0.492. The van der Waals surface area contributed by atoms with Crippen molar-refractivity contribution in [2.75, 3.05) is 6.61 Å². The van der Waals surface area contributed by atoms with Crippen LogP contribution in [0.2, 0.25) is 0 Å². The molecule has 0 aromatic heterocycles. The first kappa shape index (κ1) is 27.1. The Kier molecular flexibility index (Phi) is 6.89. The number of rotatable bonds is 8. The highest BCUT2D eigenvalue weighted by molar-refractivity contribution is 6.01. The Labute approximate surface area is 219 Å². The van der Waals surface area contributed by atoms with Crippen LogP contribution in [-0.4, -0.2) is 35.4 Å². The van der Waals surface area contributed by atoms with Crippen molar-refractivity contribution < 1.29 is 28.8 Å². The van der Waals surface area contributed by atoms with Crippen LogP contribution in [0.4, 0.5) is 0 Å². The van der Waals surface area contributed by atoms with Gasteiger partial charge in [-0.3, -0.25) is 14.4 Å². The summed E-state index contributed by atoms with van der Waals surface area (Å²) < 4.78 is 5.63. The lowest BCUT2D eigenvalue weighted by Crippen LogP contribution is -2.37. The number of amides is 2. The molecule has 3 unspecified atom stereocenters. The second-order valence-electron chi connectivity index (χ2n) is 11.6. The monoisotopic (exact) mass is 509 g/mol. The van der Waals surface area contributed by atoms with Crippen LogP contribution in [0.15, 0.2) is 44.6 Å². The van der Waals surface area contributed by atoms with Gasteiger partial charge >= 0.3 is 11.9 Å². The summed E-state index contributed by atoms with van der Waals surface area (Å²) in [7, 11) is 0.